The van der Waals surface area contributed by atoms with Crippen molar-refractivity contribution in [1.29, 1.82) is 0 Å². The van der Waals surface area contributed by atoms with Crippen LogP contribution in [0.15, 0.2) is 55.8 Å². The highest BCUT2D eigenvalue weighted by molar-refractivity contribution is 5.80. The molecule has 40 heavy (non-hydrogen) atoms. The van der Waals surface area contributed by atoms with Crippen LogP contribution in [-0.2, 0) is 6.18 Å². The number of aromatic nitrogens is 5. The number of likely N-dealkylation sites (N-methyl/N-ethyl adjacent to an activating group) is 2. The number of nitrogens with one attached hydrogen (secondary N) is 2. The predicted octanol–water partition coefficient (Wildman–Crippen LogP) is 4.12. The minimum Gasteiger partial charge on any atom is -0.494 e. The number of imidazole rings is 1. The summed E-state index contributed by atoms with van der Waals surface area (Å²) < 4.78 is 47.2. The Bertz CT molecular complexity index is 1490. The number of benzene rings is 1. The van der Waals surface area contributed by atoms with Gasteiger partial charge in [-0.2, -0.15) is 23.3 Å². The summed E-state index contributed by atoms with van der Waals surface area (Å²) in [6, 6.07) is 5.72. The largest absolute Gasteiger partial charge is 0.494 e. The van der Waals surface area contributed by atoms with Crippen molar-refractivity contribution in [2.75, 3.05) is 57.0 Å². The molecule has 0 aliphatic heterocycles. The second-order valence-corrected chi connectivity index (χ2v) is 8.95. The van der Waals surface area contributed by atoms with Crippen LogP contribution in [0.5, 0.6) is 5.75 Å². The molecule has 3 N–H and O–H groups in total. The Morgan fingerprint density at radius 1 is 1.12 bits per heavy atom. The molecule has 0 bridgehead atoms. The molecule has 15 heteroatoms. The fraction of sp³-hybridized carbons (Fsp3) is 0.280. The van der Waals surface area contributed by atoms with E-state index in [2.05, 4.69) is 37.3 Å². The lowest BCUT2D eigenvalue weighted by Gasteiger charge is -2.27. The molecule has 0 unspecified atom stereocenters. The first-order valence-electron chi connectivity index (χ1n) is 12.0. The summed E-state index contributed by atoms with van der Waals surface area (Å²) in [7, 11) is 7.36. The van der Waals surface area contributed by atoms with Crippen molar-refractivity contribution < 1.29 is 23.1 Å². The monoisotopic (exact) mass is 558 g/mol. The molecular weight excluding hydrogens is 529 g/mol. The number of methoxy groups -OCH3 is 1. The van der Waals surface area contributed by atoms with Crippen LogP contribution in [0, 0.1) is 0 Å². The average molecular weight is 559 g/mol. The number of hydrogen-bond acceptors (Lipinski definition) is 11. The summed E-state index contributed by atoms with van der Waals surface area (Å²) >= 11 is 0. The number of nitrogens with zero attached hydrogens (tertiary/aromatic N) is 8. The van der Waals surface area contributed by atoms with Gasteiger partial charge in [-0.15, -0.1) is 0 Å². The van der Waals surface area contributed by atoms with Gasteiger partial charge in [0.15, 0.2) is 5.82 Å². The Morgan fingerprint density at radius 3 is 2.58 bits per heavy atom. The minimum absolute atomic E-state index is 0.106. The van der Waals surface area contributed by atoms with Gasteiger partial charge in [0.05, 0.1) is 35.9 Å². The number of halogens is 3. The third-order valence-corrected chi connectivity index (χ3v) is 5.91. The summed E-state index contributed by atoms with van der Waals surface area (Å²) in [6.07, 6.45) is 0.590. The Hall–Kier alpha value is -4.63. The summed E-state index contributed by atoms with van der Waals surface area (Å²) in [4.78, 5) is 20.7. The highest BCUT2D eigenvalue weighted by Gasteiger charge is 2.34. The van der Waals surface area contributed by atoms with Crippen LogP contribution >= 0.6 is 0 Å². The van der Waals surface area contributed by atoms with Gasteiger partial charge < -0.3 is 19.9 Å². The van der Waals surface area contributed by atoms with Crippen LogP contribution in [-0.4, -0.2) is 81.0 Å². The molecule has 0 amide bonds. The first-order chi connectivity index (χ1) is 19.0. The number of anilines is 4. The molecule has 4 rings (SSSR count). The third-order valence-electron chi connectivity index (χ3n) is 5.91. The highest BCUT2D eigenvalue weighted by atomic mass is 19.4. The second kappa shape index (κ2) is 11.6. The van der Waals surface area contributed by atoms with E-state index in [1.807, 2.05) is 30.9 Å². The summed E-state index contributed by atoms with van der Waals surface area (Å²) in [6.45, 7) is 5.01. The maximum atomic E-state index is 13.4. The van der Waals surface area contributed by atoms with E-state index in [1.165, 1.54) is 42.5 Å². The molecule has 0 saturated heterocycles. The number of fused-ring (bicyclic) bond motifs is 1. The number of hydrazine groups is 1. The van der Waals surface area contributed by atoms with Crippen molar-refractivity contribution in [2.24, 2.45) is 0 Å². The van der Waals surface area contributed by atoms with E-state index in [-0.39, 0.29) is 23.1 Å². The van der Waals surface area contributed by atoms with Crippen molar-refractivity contribution >= 4 is 28.7 Å². The number of rotatable bonds is 11. The van der Waals surface area contributed by atoms with Gasteiger partial charge in [-0.25, -0.2) is 15.0 Å². The van der Waals surface area contributed by atoms with Gasteiger partial charge in [0, 0.05) is 38.6 Å². The molecule has 1 aromatic carbocycles. The first-order valence-corrected chi connectivity index (χ1v) is 12.0. The molecule has 0 aliphatic carbocycles. The number of alkyl halides is 3. The molecule has 0 saturated carbocycles. The number of hydrogen-bond donors (Lipinski definition) is 3. The Kier molecular flexibility index (Phi) is 8.25. The second-order valence-electron chi connectivity index (χ2n) is 8.95. The van der Waals surface area contributed by atoms with Crippen LogP contribution in [0.25, 0.3) is 17.2 Å². The van der Waals surface area contributed by atoms with Gasteiger partial charge >= 0.3 is 6.18 Å². The zero-order chi connectivity index (χ0) is 29.0. The highest BCUT2D eigenvalue weighted by Crippen LogP contribution is 2.38. The predicted molar refractivity (Wildman–Crippen MR) is 145 cm³/mol. The van der Waals surface area contributed by atoms with E-state index in [9.17, 15) is 18.4 Å². The molecule has 4 aromatic rings. The lowest BCUT2D eigenvalue weighted by molar-refractivity contribution is -0.136. The summed E-state index contributed by atoms with van der Waals surface area (Å²) in [5.74, 6) is 0.663. The Morgan fingerprint density at radius 2 is 1.90 bits per heavy atom. The topological polar surface area (TPSA) is 119 Å². The number of pyridine rings is 1. The lowest BCUT2D eigenvalue weighted by atomic mass is 10.2. The van der Waals surface area contributed by atoms with Gasteiger partial charge in [0.1, 0.15) is 23.4 Å². The Labute approximate surface area is 228 Å². The normalized spacial score (nSPS) is 11.5. The van der Waals surface area contributed by atoms with E-state index in [0.717, 1.165) is 23.5 Å². The third kappa shape index (κ3) is 6.16. The smallest absolute Gasteiger partial charge is 0.419 e. The standard InChI is InChI=1S/C25H29F3N10O2/c1-6-38(39)34-17-12-18(21(40-5)13-19(17)36(4)11-10-35(2)3)32-24-31-15-30-22(33-24)20-14-29-23-16(25(26,27)28)8-7-9-37(20)23/h6-9,12-15,34,39H,1,10-11H2,2-5H3,(H,30,31,32,33). The number of ether oxygens (including phenoxy) is 1. The minimum atomic E-state index is -4.57. The van der Waals surface area contributed by atoms with Gasteiger partial charge in [-0.1, -0.05) is 6.58 Å². The van der Waals surface area contributed by atoms with Crippen LogP contribution in [0.3, 0.4) is 0 Å². The van der Waals surface area contributed by atoms with Crippen LogP contribution in [0.1, 0.15) is 5.56 Å². The van der Waals surface area contributed by atoms with Crippen molar-refractivity contribution in [3.63, 3.8) is 0 Å². The lowest BCUT2D eigenvalue weighted by Crippen LogP contribution is -2.30. The van der Waals surface area contributed by atoms with Gasteiger partial charge in [0.25, 0.3) is 0 Å². The SMILES string of the molecule is C=CN(O)Nc1cc(Nc2ncnc(-c3cnc4c(C(F)(F)F)cccn34)n2)c(OC)cc1N(C)CCN(C)C. The quantitative estimate of drug-likeness (QED) is 0.231. The molecule has 0 aliphatic rings. The van der Waals surface area contributed by atoms with Gasteiger partial charge in [-0.3, -0.25) is 15.0 Å². The van der Waals surface area contributed by atoms with Crippen molar-refractivity contribution in [3.05, 3.63) is 61.3 Å². The van der Waals surface area contributed by atoms with Crippen LogP contribution in [0.2, 0.25) is 0 Å². The summed E-state index contributed by atoms with van der Waals surface area (Å²) in [5, 5.41) is 13.8. The molecule has 0 atom stereocenters. The zero-order valence-electron chi connectivity index (χ0n) is 22.3. The molecule has 3 heterocycles. The van der Waals surface area contributed by atoms with E-state index >= 15 is 0 Å². The van der Waals surface area contributed by atoms with E-state index in [4.69, 9.17) is 4.74 Å². The van der Waals surface area contributed by atoms with E-state index in [0.29, 0.717) is 23.7 Å². The fourth-order valence-electron chi connectivity index (χ4n) is 3.88. The van der Waals surface area contributed by atoms with E-state index < -0.39 is 11.7 Å². The zero-order valence-corrected chi connectivity index (χ0v) is 22.3. The van der Waals surface area contributed by atoms with Gasteiger partial charge in [0.2, 0.25) is 5.95 Å². The fourth-order valence-corrected chi connectivity index (χ4v) is 3.88. The average Bonchev–Trinajstić information content (AvgIpc) is 3.35. The molecule has 212 valence electrons. The van der Waals surface area contributed by atoms with Gasteiger partial charge in [-0.05, 0) is 32.3 Å². The number of hydroxylamine groups is 1. The van der Waals surface area contributed by atoms with Crippen molar-refractivity contribution in [1.82, 2.24) is 34.4 Å². The van der Waals surface area contributed by atoms with Crippen LogP contribution < -0.4 is 20.4 Å². The molecular formula is C25H29F3N10O2. The maximum Gasteiger partial charge on any atom is 0.419 e. The molecule has 0 fully saturated rings. The Balaban J connectivity index is 1.71. The summed E-state index contributed by atoms with van der Waals surface area (Å²) in [5.41, 5.74) is 3.65. The van der Waals surface area contributed by atoms with Crippen LogP contribution in [0.4, 0.5) is 36.2 Å². The molecule has 3 aromatic heterocycles. The van der Waals surface area contributed by atoms with E-state index in [1.54, 1.807) is 12.1 Å². The molecule has 12 nitrogen and oxygen atoms in total. The maximum absolute atomic E-state index is 13.4. The molecule has 0 radical (unpaired) electrons. The molecule has 0 spiro atoms. The van der Waals surface area contributed by atoms with Crippen molar-refractivity contribution in [2.45, 2.75) is 6.18 Å². The van der Waals surface area contributed by atoms with Crippen molar-refractivity contribution in [3.8, 4) is 17.3 Å². The first kappa shape index (κ1) is 28.4.